The first-order valence-corrected chi connectivity index (χ1v) is 5.61. The van der Waals surface area contributed by atoms with Crippen LogP contribution in [0.5, 0.6) is 0 Å². The third-order valence-corrected chi connectivity index (χ3v) is 2.40. The molecule has 84 valence electrons. The Morgan fingerprint density at radius 1 is 1.47 bits per heavy atom. The second kappa shape index (κ2) is 5.05. The minimum atomic E-state index is -0.275. The van der Waals surface area contributed by atoms with E-state index in [-0.39, 0.29) is 11.4 Å². The summed E-state index contributed by atoms with van der Waals surface area (Å²) in [5.41, 5.74) is 6.17. The van der Waals surface area contributed by atoms with Gasteiger partial charge in [0.25, 0.3) is 0 Å². The van der Waals surface area contributed by atoms with Crippen LogP contribution in [0.4, 0.5) is 4.39 Å². The zero-order chi connectivity index (χ0) is 11.5. The maximum absolute atomic E-state index is 13.3. The van der Waals surface area contributed by atoms with Crippen molar-refractivity contribution in [2.24, 2.45) is 5.73 Å². The van der Waals surface area contributed by atoms with Gasteiger partial charge in [0.15, 0.2) is 0 Å². The molecule has 0 fully saturated rings. The molecule has 1 rings (SSSR count). The van der Waals surface area contributed by atoms with Crippen molar-refractivity contribution in [2.75, 3.05) is 6.54 Å². The molecule has 1 aromatic rings. The molecule has 0 atom stereocenters. The van der Waals surface area contributed by atoms with E-state index in [9.17, 15) is 4.39 Å². The largest absolute Gasteiger partial charge is 0.324 e. The molecule has 0 aromatic heterocycles. The van der Waals surface area contributed by atoms with E-state index in [0.717, 1.165) is 4.47 Å². The van der Waals surface area contributed by atoms with Gasteiger partial charge in [0.2, 0.25) is 0 Å². The van der Waals surface area contributed by atoms with Crippen LogP contribution in [0, 0.1) is 5.82 Å². The van der Waals surface area contributed by atoms with Crippen LogP contribution in [0.1, 0.15) is 19.4 Å². The molecule has 0 unspecified atom stereocenters. The molecule has 0 bridgehead atoms. The lowest BCUT2D eigenvalue weighted by Crippen LogP contribution is -2.42. The molecule has 0 aliphatic rings. The monoisotopic (exact) mass is 274 g/mol. The molecule has 4 heteroatoms. The Labute approximate surface area is 98.2 Å². The number of benzene rings is 1. The van der Waals surface area contributed by atoms with Crippen LogP contribution in [0.15, 0.2) is 22.7 Å². The molecule has 2 nitrogen and oxygen atoms in total. The first kappa shape index (κ1) is 12.6. The molecule has 3 N–H and O–H groups in total. The van der Waals surface area contributed by atoms with Crippen LogP contribution in [0.2, 0.25) is 0 Å². The quantitative estimate of drug-likeness (QED) is 0.885. The Morgan fingerprint density at radius 2 is 2.13 bits per heavy atom. The van der Waals surface area contributed by atoms with Gasteiger partial charge in [-0.05, 0) is 32.0 Å². The number of nitrogens with one attached hydrogen (secondary N) is 1. The summed E-state index contributed by atoms with van der Waals surface area (Å²) < 4.78 is 14.2. The third kappa shape index (κ3) is 4.73. The first-order chi connectivity index (χ1) is 6.88. The minimum absolute atomic E-state index is 0.194. The highest BCUT2D eigenvalue weighted by Crippen LogP contribution is 2.15. The topological polar surface area (TPSA) is 38.0 Å². The van der Waals surface area contributed by atoms with Crippen molar-refractivity contribution in [3.63, 3.8) is 0 Å². The molecule has 0 aliphatic carbocycles. The molecule has 0 saturated carbocycles. The molecule has 0 amide bonds. The molecule has 1 aromatic carbocycles. The van der Waals surface area contributed by atoms with Gasteiger partial charge in [-0.2, -0.15) is 0 Å². The van der Waals surface area contributed by atoms with Crippen LogP contribution < -0.4 is 11.1 Å². The first-order valence-electron chi connectivity index (χ1n) is 4.82. The summed E-state index contributed by atoms with van der Waals surface area (Å²) in [6.45, 7) is 5.00. The number of rotatable bonds is 4. The molecule has 0 radical (unpaired) electrons. The summed E-state index contributed by atoms with van der Waals surface area (Å²) in [5.74, 6) is -0.194. The molecule has 0 heterocycles. The van der Waals surface area contributed by atoms with E-state index in [1.54, 1.807) is 12.1 Å². The summed E-state index contributed by atoms with van der Waals surface area (Å²) in [6, 6.07) is 4.91. The highest BCUT2D eigenvalue weighted by Gasteiger charge is 2.10. The van der Waals surface area contributed by atoms with E-state index in [1.807, 2.05) is 13.8 Å². The zero-order valence-electron chi connectivity index (χ0n) is 8.98. The second-order valence-corrected chi connectivity index (χ2v) is 5.24. The van der Waals surface area contributed by atoms with E-state index < -0.39 is 0 Å². The van der Waals surface area contributed by atoms with Crippen molar-refractivity contribution in [3.05, 3.63) is 34.1 Å². The summed E-state index contributed by atoms with van der Waals surface area (Å²) in [7, 11) is 0. The third-order valence-electron chi connectivity index (χ3n) is 1.90. The van der Waals surface area contributed by atoms with Gasteiger partial charge in [-0.25, -0.2) is 4.39 Å². The number of hydrogen-bond donors (Lipinski definition) is 2. The average Bonchev–Trinajstić information content (AvgIpc) is 2.09. The van der Waals surface area contributed by atoms with Gasteiger partial charge in [0, 0.05) is 28.7 Å². The standard InChI is InChI=1S/C11H16BrFN2/c1-11(2,14)7-15-6-8-5-9(12)3-4-10(8)13/h3-5,15H,6-7,14H2,1-2H3. The maximum atomic E-state index is 13.3. The van der Waals surface area contributed by atoms with Gasteiger partial charge in [0.05, 0.1) is 0 Å². The Kier molecular flexibility index (Phi) is 4.25. The molecular formula is C11H16BrFN2. The smallest absolute Gasteiger partial charge is 0.127 e. The van der Waals surface area contributed by atoms with E-state index >= 15 is 0 Å². The molecule has 0 spiro atoms. The van der Waals surface area contributed by atoms with Gasteiger partial charge in [-0.15, -0.1) is 0 Å². The van der Waals surface area contributed by atoms with Gasteiger partial charge < -0.3 is 11.1 Å². The summed E-state index contributed by atoms with van der Waals surface area (Å²) >= 11 is 3.31. The van der Waals surface area contributed by atoms with Crippen molar-refractivity contribution >= 4 is 15.9 Å². The van der Waals surface area contributed by atoms with E-state index in [1.165, 1.54) is 6.07 Å². The Hall–Kier alpha value is -0.450. The fourth-order valence-electron chi connectivity index (χ4n) is 1.20. The van der Waals surface area contributed by atoms with Gasteiger partial charge in [-0.1, -0.05) is 15.9 Å². The highest BCUT2D eigenvalue weighted by atomic mass is 79.9. The van der Waals surface area contributed by atoms with E-state index in [2.05, 4.69) is 21.2 Å². The molecule has 0 aliphatic heterocycles. The summed E-state index contributed by atoms with van der Waals surface area (Å²) in [6.07, 6.45) is 0. The maximum Gasteiger partial charge on any atom is 0.127 e. The fraction of sp³-hybridized carbons (Fsp3) is 0.455. The van der Waals surface area contributed by atoms with Crippen LogP contribution in [-0.4, -0.2) is 12.1 Å². The predicted molar refractivity (Wildman–Crippen MR) is 64.1 cm³/mol. The molecule has 0 saturated heterocycles. The van der Waals surface area contributed by atoms with E-state index in [4.69, 9.17) is 5.73 Å². The average molecular weight is 275 g/mol. The SMILES string of the molecule is CC(C)(N)CNCc1cc(Br)ccc1F. The van der Waals surface area contributed by atoms with Crippen molar-refractivity contribution in [1.29, 1.82) is 0 Å². The van der Waals surface area contributed by atoms with Crippen molar-refractivity contribution in [1.82, 2.24) is 5.32 Å². The van der Waals surface area contributed by atoms with Crippen LogP contribution in [0.25, 0.3) is 0 Å². The lowest BCUT2D eigenvalue weighted by molar-refractivity contribution is 0.462. The number of hydrogen-bond acceptors (Lipinski definition) is 2. The minimum Gasteiger partial charge on any atom is -0.324 e. The highest BCUT2D eigenvalue weighted by molar-refractivity contribution is 9.10. The zero-order valence-corrected chi connectivity index (χ0v) is 10.6. The number of halogens is 2. The predicted octanol–water partition coefficient (Wildman–Crippen LogP) is 2.42. The van der Waals surface area contributed by atoms with Crippen molar-refractivity contribution in [3.8, 4) is 0 Å². The van der Waals surface area contributed by atoms with Crippen LogP contribution in [0.3, 0.4) is 0 Å². The van der Waals surface area contributed by atoms with Gasteiger partial charge >= 0.3 is 0 Å². The normalized spacial score (nSPS) is 11.8. The Bertz CT molecular complexity index is 334. The summed E-state index contributed by atoms with van der Waals surface area (Å²) in [4.78, 5) is 0. The Morgan fingerprint density at radius 3 is 2.73 bits per heavy atom. The Balaban J connectivity index is 2.54. The summed E-state index contributed by atoms with van der Waals surface area (Å²) in [5, 5.41) is 3.12. The second-order valence-electron chi connectivity index (χ2n) is 4.33. The van der Waals surface area contributed by atoms with Crippen molar-refractivity contribution < 1.29 is 4.39 Å². The number of nitrogens with two attached hydrogens (primary N) is 1. The lowest BCUT2D eigenvalue weighted by Gasteiger charge is -2.19. The van der Waals surface area contributed by atoms with Gasteiger partial charge in [-0.3, -0.25) is 0 Å². The van der Waals surface area contributed by atoms with Gasteiger partial charge in [0.1, 0.15) is 5.82 Å². The molecule has 15 heavy (non-hydrogen) atoms. The van der Waals surface area contributed by atoms with E-state index in [0.29, 0.717) is 18.7 Å². The molecular weight excluding hydrogens is 259 g/mol. The van der Waals surface area contributed by atoms with Crippen molar-refractivity contribution in [2.45, 2.75) is 25.9 Å². The van der Waals surface area contributed by atoms with Crippen LogP contribution in [-0.2, 0) is 6.54 Å². The lowest BCUT2D eigenvalue weighted by atomic mass is 10.1. The fourth-order valence-corrected chi connectivity index (χ4v) is 1.61. The van der Waals surface area contributed by atoms with Crippen LogP contribution >= 0.6 is 15.9 Å².